The fourth-order valence-electron chi connectivity index (χ4n) is 1.83. The van der Waals surface area contributed by atoms with Crippen molar-refractivity contribution in [3.8, 4) is 0 Å². The van der Waals surface area contributed by atoms with Gasteiger partial charge in [-0.15, -0.1) is 0 Å². The van der Waals surface area contributed by atoms with E-state index in [0.29, 0.717) is 0 Å². The first-order valence-electron chi connectivity index (χ1n) is 7.07. The van der Waals surface area contributed by atoms with Gasteiger partial charge in [0.15, 0.2) is 6.04 Å². The summed E-state index contributed by atoms with van der Waals surface area (Å²) < 4.78 is 0.625. The van der Waals surface area contributed by atoms with E-state index in [0.717, 1.165) is 0 Å². The molecule has 2 unspecified atom stereocenters. The summed E-state index contributed by atoms with van der Waals surface area (Å²) in [5, 5.41) is 32.1. The van der Waals surface area contributed by atoms with Crippen molar-refractivity contribution in [3.05, 3.63) is 21.8 Å². The van der Waals surface area contributed by atoms with E-state index in [4.69, 9.17) is 15.9 Å². The van der Waals surface area contributed by atoms with E-state index in [2.05, 4.69) is 10.6 Å². The van der Waals surface area contributed by atoms with Crippen LogP contribution in [0.2, 0.25) is 0 Å². The van der Waals surface area contributed by atoms with Crippen molar-refractivity contribution in [2.24, 2.45) is 5.73 Å². The highest BCUT2D eigenvalue weighted by Gasteiger charge is 2.30. The molecule has 1 aromatic rings. The van der Waals surface area contributed by atoms with Crippen LogP contribution in [0.4, 0.5) is 5.69 Å². The Bertz CT molecular complexity index is 814. The highest BCUT2D eigenvalue weighted by molar-refractivity contribution is 14.1. The van der Waals surface area contributed by atoms with Gasteiger partial charge in [0, 0.05) is 3.57 Å². The third kappa shape index (κ3) is 5.61. The number of carboxylic acids is 1. The predicted octanol–water partition coefficient (Wildman–Crippen LogP) is 0.0939. The molecule has 3 amide bonds. The Morgan fingerprint density at radius 1 is 1.07 bits per heavy atom. The average Bonchev–Trinajstić information content (AvgIpc) is 2.55. The van der Waals surface area contributed by atoms with Gasteiger partial charge in [-0.2, -0.15) is 0 Å². The van der Waals surface area contributed by atoms with Gasteiger partial charge in [0.2, 0.25) is 0 Å². The number of anilines is 1. The molecule has 0 heterocycles. The summed E-state index contributed by atoms with van der Waals surface area (Å²) in [7, 11) is 0. The minimum atomic E-state index is -1.56. The number of carbonyl (C=O) groups is 4. The second kappa shape index (κ2) is 10.1. The smallest absolute Gasteiger partial charge is 0.328 e. The Morgan fingerprint density at radius 2 is 1.59 bits per heavy atom. The minimum absolute atomic E-state index is 0.0430. The molecule has 0 saturated heterocycles. The summed E-state index contributed by atoms with van der Waals surface area (Å²) in [6.45, 7) is 0.399. The van der Waals surface area contributed by atoms with Gasteiger partial charge in [0.05, 0.1) is 30.6 Å². The standard InChI is InChI=1S/C14H14I3N3O7/c1-3(22)12(24)20-10-8(16)5(11(18)23)7(15)6(9(10)17)13(25)19-4(2-21)14(26)27/h3-4,21-22H,2H2,1H3,(H2,18,23)(H,19,25)(H,20,24)(H,26,27). The fourth-order valence-corrected chi connectivity index (χ4v) is 6.29. The average molecular weight is 717 g/mol. The molecule has 148 valence electrons. The number of aliphatic carboxylic acids is 1. The molecule has 13 heteroatoms. The number of halogens is 3. The lowest BCUT2D eigenvalue weighted by Crippen LogP contribution is -2.44. The molecule has 0 aliphatic heterocycles. The third-order valence-corrected chi connectivity index (χ3v) is 6.44. The number of hydrogen-bond acceptors (Lipinski definition) is 6. The zero-order valence-corrected chi connectivity index (χ0v) is 20.0. The number of nitrogens with one attached hydrogen (secondary N) is 2. The number of hydrogen-bond donors (Lipinski definition) is 6. The highest BCUT2D eigenvalue weighted by Crippen LogP contribution is 2.35. The molecule has 2 atom stereocenters. The van der Waals surface area contributed by atoms with E-state index < -0.39 is 42.4 Å². The molecule has 1 rings (SSSR count). The number of rotatable bonds is 7. The SMILES string of the molecule is CC(O)C(=O)Nc1c(I)c(C(N)=O)c(I)c(C(=O)NC(CO)C(=O)O)c1I. The number of aliphatic hydroxyl groups is 2. The van der Waals surface area contributed by atoms with Gasteiger partial charge in [-0.1, -0.05) is 0 Å². The summed E-state index contributed by atoms with van der Waals surface area (Å²) in [6.07, 6.45) is -1.35. The maximum absolute atomic E-state index is 12.6. The summed E-state index contributed by atoms with van der Waals surface area (Å²) in [5.74, 6) is -3.96. The van der Waals surface area contributed by atoms with Crippen LogP contribution in [-0.4, -0.2) is 57.8 Å². The van der Waals surface area contributed by atoms with Crippen LogP contribution in [0, 0.1) is 10.7 Å². The van der Waals surface area contributed by atoms with E-state index in [1.807, 2.05) is 0 Å². The first kappa shape index (κ1) is 24.2. The quantitative estimate of drug-likeness (QED) is 0.217. The van der Waals surface area contributed by atoms with Crippen molar-refractivity contribution in [2.75, 3.05) is 11.9 Å². The lowest BCUT2D eigenvalue weighted by molar-refractivity contribution is -0.140. The normalized spacial score (nSPS) is 12.8. The molecule has 0 radical (unpaired) electrons. The van der Waals surface area contributed by atoms with Crippen molar-refractivity contribution < 1.29 is 34.5 Å². The molecule has 1 aromatic carbocycles. The maximum Gasteiger partial charge on any atom is 0.328 e. The number of benzene rings is 1. The highest BCUT2D eigenvalue weighted by atomic mass is 127. The first-order valence-corrected chi connectivity index (χ1v) is 10.3. The van der Waals surface area contributed by atoms with Crippen molar-refractivity contribution in [1.82, 2.24) is 5.32 Å². The molecule has 0 spiro atoms. The number of carbonyl (C=O) groups excluding carboxylic acids is 3. The second-order valence-corrected chi connectivity index (χ2v) is 8.38. The lowest BCUT2D eigenvalue weighted by Gasteiger charge is -2.20. The molecule has 0 aliphatic carbocycles. The van der Waals surface area contributed by atoms with Crippen molar-refractivity contribution in [3.63, 3.8) is 0 Å². The molecular formula is C14H14I3N3O7. The van der Waals surface area contributed by atoms with E-state index in [1.54, 1.807) is 67.8 Å². The monoisotopic (exact) mass is 717 g/mol. The van der Waals surface area contributed by atoms with Gasteiger partial charge in [0.1, 0.15) is 6.10 Å². The molecule has 0 aromatic heterocycles. The van der Waals surface area contributed by atoms with Crippen LogP contribution in [0.5, 0.6) is 0 Å². The topological polar surface area (TPSA) is 179 Å². The Morgan fingerprint density at radius 3 is 2.00 bits per heavy atom. The number of nitrogens with two attached hydrogens (primary N) is 1. The Balaban J connectivity index is 3.61. The van der Waals surface area contributed by atoms with Crippen LogP contribution in [0.25, 0.3) is 0 Å². The molecule has 0 fully saturated rings. The van der Waals surface area contributed by atoms with Gasteiger partial charge >= 0.3 is 5.97 Å². The second-order valence-electron chi connectivity index (χ2n) is 5.14. The molecule has 0 bridgehead atoms. The molecule has 10 nitrogen and oxygen atoms in total. The van der Waals surface area contributed by atoms with Gasteiger partial charge < -0.3 is 31.7 Å². The van der Waals surface area contributed by atoms with Crippen LogP contribution < -0.4 is 16.4 Å². The number of primary amides is 1. The largest absolute Gasteiger partial charge is 0.480 e. The van der Waals surface area contributed by atoms with Gasteiger partial charge in [0.25, 0.3) is 17.7 Å². The third-order valence-electron chi connectivity index (χ3n) is 3.20. The van der Waals surface area contributed by atoms with E-state index in [-0.39, 0.29) is 27.5 Å². The number of carboxylic acid groups (broad SMARTS) is 1. The lowest BCUT2D eigenvalue weighted by atomic mass is 10.1. The zero-order valence-electron chi connectivity index (χ0n) is 13.5. The molecule has 7 N–H and O–H groups in total. The van der Waals surface area contributed by atoms with Crippen LogP contribution >= 0.6 is 67.8 Å². The predicted molar refractivity (Wildman–Crippen MR) is 119 cm³/mol. The minimum Gasteiger partial charge on any atom is -0.480 e. The van der Waals surface area contributed by atoms with E-state index in [1.165, 1.54) is 6.92 Å². The van der Waals surface area contributed by atoms with Crippen LogP contribution in [0.15, 0.2) is 0 Å². The van der Waals surface area contributed by atoms with Crippen molar-refractivity contribution in [2.45, 2.75) is 19.1 Å². The summed E-state index contributed by atoms with van der Waals surface area (Å²) in [6, 6.07) is -1.56. The molecular weight excluding hydrogens is 703 g/mol. The Hall–Kier alpha value is -0.790. The van der Waals surface area contributed by atoms with Crippen LogP contribution in [-0.2, 0) is 9.59 Å². The molecule has 0 saturated carbocycles. The van der Waals surface area contributed by atoms with E-state index in [9.17, 15) is 24.3 Å². The van der Waals surface area contributed by atoms with Gasteiger partial charge in [-0.05, 0) is 74.7 Å². The van der Waals surface area contributed by atoms with Crippen LogP contribution in [0.3, 0.4) is 0 Å². The Labute approximate surface area is 194 Å². The summed E-state index contributed by atoms with van der Waals surface area (Å²) >= 11 is 5.25. The van der Waals surface area contributed by atoms with Crippen molar-refractivity contribution in [1.29, 1.82) is 0 Å². The fraction of sp³-hybridized carbons (Fsp3) is 0.286. The molecule has 0 aliphatic rings. The first-order chi connectivity index (χ1) is 12.4. The van der Waals surface area contributed by atoms with Crippen LogP contribution in [0.1, 0.15) is 27.6 Å². The number of amides is 3. The van der Waals surface area contributed by atoms with Crippen molar-refractivity contribution >= 4 is 97.2 Å². The molecule has 27 heavy (non-hydrogen) atoms. The maximum atomic E-state index is 12.6. The summed E-state index contributed by atoms with van der Waals surface area (Å²) in [5.41, 5.74) is 5.34. The zero-order chi connectivity index (χ0) is 21.0. The summed E-state index contributed by atoms with van der Waals surface area (Å²) in [4.78, 5) is 47.4. The van der Waals surface area contributed by atoms with E-state index >= 15 is 0 Å². The van der Waals surface area contributed by atoms with Gasteiger partial charge in [-0.25, -0.2) is 4.79 Å². The Kier molecular flexibility index (Phi) is 9.09. The number of aliphatic hydroxyl groups excluding tert-OH is 2. The van der Waals surface area contributed by atoms with Gasteiger partial charge in [-0.3, -0.25) is 14.4 Å².